The number of para-hydroxylation sites is 1. The fraction of sp³-hybridized carbons (Fsp3) is 0.444. The van der Waals surface area contributed by atoms with Gasteiger partial charge in [0.2, 0.25) is 5.91 Å². The molecule has 3 aliphatic rings. The maximum absolute atomic E-state index is 13.7. The quantitative estimate of drug-likeness (QED) is 0.613. The Bertz CT molecular complexity index is 1050. The van der Waals surface area contributed by atoms with E-state index in [1.165, 1.54) is 7.11 Å². The van der Waals surface area contributed by atoms with Gasteiger partial charge in [-0.05, 0) is 49.4 Å². The first-order valence-electron chi connectivity index (χ1n) is 12.0. The summed E-state index contributed by atoms with van der Waals surface area (Å²) in [7, 11) is 1.35. The van der Waals surface area contributed by atoms with E-state index in [0.717, 1.165) is 43.4 Å². The molecule has 5 rings (SSSR count). The molecule has 6 nitrogen and oxygen atoms in total. The van der Waals surface area contributed by atoms with Crippen LogP contribution in [0.2, 0.25) is 0 Å². The first-order valence-corrected chi connectivity index (χ1v) is 12.0. The molecule has 6 heteroatoms. The number of amides is 2. The van der Waals surface area contributed by atoms with Crippen LogP contribution < -0.4 is 4.90 Å². The molecule has 0 N–H and O–H groups in total. The van der Waals surface area contributed by atoms with Gasteiger partial charge in [-0.15, -0.1) is 0 Å². The van der Waals surface area contributed by atoms with Gasteiger partial charge in [-0.2, -0.15) is 0 Å². The molecule has 33 heavy (non-hydrogen) atoms. The van der Waals surface area contributed by atoms with Crippen molar-refractivity contribution in [2.75, 3.05) is 12.0 Å². The highest BCUT2D eigenvalue weighted by Crippen LogP contribution is 2.52. The number of methoxy groups -OCH3 is 1. The monoisotopic (exact) mass is 446 g/mol. The second kappa shape index (κ2) is 9.00. The van der Waals surface area contributed by atoms with Crippen molar-refractivity contribution in [3.8, 4) is 0 Å². The molecule has 2 saturated carbocycles. The zero-order valence-corrected chi connectivity index (χ0v) is 19.0. The maximum Gasteiger partial charge on any atom is 0.306 e. The van der Waals surface area contributed by atoms with Crippen LogP contribution in [0, 0.1) is 5.92 Å². The van der Waals surface area contributed by atoms with Crippen LogP contribution in [0.1, 0.15) is 66.9 Å². The number of nitrogens with zero attached hydrogens (tertiary/aromatic N) is 2. The Labute approximate surface area is 194 Å². The number of benzene rings is 2. The van der Waals surface area contributed by atoms with Gasteiger partial charge in [0.1, 0.15) is 0 Å². The van der Waals surface area contributed by atoms with Crippen molar-refractivity contribution in [1.29, 1.82) is 0 Å². The number of ether oxygens (including phenoxy) is 1. The van der Waals surface area contributed by atoms with Gasteiger partial charge in [0.15, 0.2) is 0 Å². The molecule has 1 aliphatic heterocycles. The summed E-state index contributed by atoms with van der Waals surface area (Å²) < 4.78 is 4.76. The number of carbonyl (C=O) groups is 3. The van der Waals surface area contributed by atoms with Crippen LogP contribution in [0.5, 0.6) is 0 Å². The number of esters is 1. The van der Waals surface area contributed by atoms with E-state index >= 15 is 0 Å². The van der Waals surface area contributed by atoms with Gasteiger partial charge in [-0.25, -0.2) is 0 Å². The normalized spacial score (nSPS) is 23.4. The summed E-state index contributed by atoms with van der Waals surface area (Å²) >= 11 is 0. The molecule has 1 heterocycles. The third-order valence-corrected chi connectivity index (χ3v) is 7.32. The molecule has 0 saturated heterocycles. The number of fused-ring (bicyclic) bond motifs is 2. The summed E-state index contributed by atoms with van der Waals surface area (Å²) in [5.41, 5.74) is 2.64. The van der Waals surface area contributed by atoms with Crippen molar-refractivity contribution in [3.63, 3.8) is 0 Å². The van der Waals surface area contributed by atoms with Crippen LogP contribution in [-0.4, -0.2) is 41.9 Å². The fourth-order valence-electron chi connectivity index (χ4n) is 5.74. The molecule has 0 radical (unpaired) electrons. The van der Waals surface area contributed by atoms with Crippen LogP contribution in [0.4, 0.5) is 5.69 Å². The number of hydrogen-bond donors (Lipinski definition) is 0. The Morgan fingerprint density at radius 2 is 1.67 bits per heavy atom. The molecule has 3 unspecified atom stereocenters. The minimum Gasteiger partial charge on any atom is -0.469 e. The Kier molecular flexibility index (Phi) is 5.92. The maximum atomic E-state index is 13.7. The van der Waals surface area contributed by atoms with Crippen molar-refractivity contribution < 1.29 is 19.1 Å². The van der Waals surface area contributed by atoms with Gasteiger partial charge in [0.05, 0.1) is 19.6 Å². The molecule has 0 bridgehead atoms. The summed E-state index contributed by atoms with van der Waals surface area (Å²) in [6.07, 6.45) is 5.19. The van der Waals surface area contributed by atoms with E-state index in [9.17, 15) is 14.4 Å². The Hall–Kier alpha value is -3.15. The molecule has 2 aliphatic carbocycles. The van der Waals surface area contributed by atoms with Crippen LogP contribution in [-0.2, 0) is 14.3 Å². The highest BCUT2D eigenvalue weighted by Gasteiger charge is 2.51. The molecular formula is C27H30N2O4. The second-order valence-corrected chi connectivity index (χ2v) is 9.32. The molecule has 0 spiro atoms. The van der Waals surface area contributed by atoms with E-state index in [2.05, 4.69) is 11.0 Å². The van der Waals surface area contributed by atoms with Crippen molar-refractivity contribution in [3.05, 3.63) is 65.7 Å². The summed E-state index contributed by atoms with van der Waals surface area (Å²) in [6.45, 7) is 0. The van der Waals surface area contributed by atoms with E-state index in [1.54, 1.807) is 0 Å². The van der Waals surface area contributed by atoms with Crippen molar-refractivity contribution in [1.82, 2.24) is 4.90 Å². The number of rotatable bonds is 6. The minimum atomic E-state index is -0.360. The number of anilines is 1. The predicted octanol–water partition coefficient (Wildman–Crippen LogP) is 4.50. The summed E-state index contributed by atoms with van der Waals surface area (Å²) in [6, 6.07) is 17.7. The molecule has 0 aromatic heterocycles. The topological polar surface area (TPSA) is 66.9 Å². The molecular weight excluding hydrogens is 416 g/mol. The minimum absolute atomic E-state index is 0.0104. The van der Waals surface area contributed by atoms with Crippen molar-refractivity contribution in [2.45, 2.75) is 63.1 Å². The lowest BCUT2D eigenvalue weighted by Gasteiger charge is -2.48. The van der Waals surface area contributed by atoms with E-state index in [0.29, 0.717) is 5.56 Å². The number of hydrogen-bond acceptors (Lipinski definition) is 4. The van der Waals surface area contributed by atoms with Crippen LogP contribution >= 0.6 is 0 Å². The van der Waals surface area contributed by atoms with Gasteiger partial charge in [0.25, 0.3) is 5.91 Å². The molecule has 2 amide bonds. The lowest BCUT2D eigenvalue weighted by molar-refractivity contribution is -0.145. The van der Waals surface area contributed by atoms with Crippen molar-refractivity contribution >= 4 is 23.5 Å². The van der Waals surface area contributed by atoms with Gasteiger partial charge in [0, 0.05) is 35.7 Å². The first-order chi connectivity index (χ1) is 16.1. The lowest BCUT2D eigenvalue weighted by Crippen LogP contribution is -2.52. The molecule has 2 aromatic carbocycles. The van der Waals surface area contributed by atoms with Crippen LogP contribution in [0.15, 0.2) is 54.6 Å². The fourth-order valence-corrected chi connectivity index (χ4v) is 5.74. The lowest BCUT2D eigenvalue weighted by atomic mass is 9.81. The van der Waals surface area contributed by atoms with Crippen LogP contribution in [0.25, 0.3) is 0 Å². The Morgan fingerprint density at radius 3 is 2.39 bits per heavy atom. The molecule has 2 aromatic rings. The average Bonchev–Trinajstić information content (AvgIpc) is 3.57. The highest BCUT2D eigenvalue weighted by atomic mass is 16.5. The zero-order valence-electron chi connectivity index (χ0n) is 19.0. The van der Waals surface area contributed by atoms with E-state index in [4.69, 9.17) is 4.74 Å². The van der Waals surface area contributed by atoms with Gasteiger partial charge in [-0.3, -0.25) is 14.4 Å². The molecule has 172 valence electrons. The largest absolute Gasteiger partial charge is 0.469 e. The van der Waals surface area contributed by atoms with Gasteiger partial charge in [-0.1, -0.05) is 42.8 Å². The SMILES string of the molecule is COC(=O)CCC(=O)N(C1CC1)C1c2ccccc2N(C(=O)c2ccccc2)C2CCCC21. The second-order valence-electron chi connectivity index (χ2n) is 9.32. The van der Waals surface area contributed by atoms with Crippen molar-refractivity contribution in [2.24, 2.45) is 5.92 Å². The van der Waals surface area contributed by atoms with E-state index in [-0.39, 0.29) is 54.7 Å². The first kappa shape index (κ1) is 21.7. The summed E-state index contributed by atoms with van der Waals surface area (Å²) in [4.78, 5) is 42.8. The van der Waals surface area contributed by atoms with Gasteiger partial charge < -0.3 is 14.5 Å². The predicted molar refractivity (Wildman–Crippen MR) is 125 cm³/mol. The molecule has 3 atom stereocenters. The summed E-state index contributed by atoms with van der Waals surface area (Å²) in [5.74, 6) is -0.138. The Morgan fingerprint density at radius 1 is 0.939 bits per heavy atom. The highest BCUT2D eigenvalue weighted by molar-refractivity contribution is 6.07. The third kappa shape index (κ3) is 4.03. The smallest absolute Gasteiger partial charge is 0.306 e. The zero-order chi connectivity index (χ0) is 22.9. The third-order valence-electron chi connectivity index (χ3n) is 7.32. The molecule has 2 fully saturated rings. The van der Waals surface area contributed by atoms with Gasteiger partial charge >= 0.3 is 5.97 Å². The Balaban J connectivity index is 1.53. The standard InChI is InChI=1S/C27H30N2O4/c1-33-25(31)17-16-24(30)28(19-14-15-19)26-20-10-5-6-12-22(20)29(23-13-7-11-21(23)26)27(32)18-8-3-2-4-9-18/h2-6,8-10,12,19,21,23,26H,7,11,13-17H2,1H3. The summed E-state index contributed by atoms with van der Waals surface area (Å²) in [5, 5.41) is 0. The number of carbonyl (C=O) groups excluding carboxylic acids is 3. The van der Waals surface area contributed by atoms with E-state index in [1.807, 2.05) is 53.4 Å². The van der Waals surface area contributed by atoms with Crippen LogP contribution in [0.3, 0.4) is 0 Å². The van der Waals surface area contributed by atoms with E-state index < -0.39 is 0 Å². The average molecular weight is 447 g/mol.